The van der Waals surface area contributed by atoms with Crippen molar-refractivity contribution in [3.63, 3.8) is 0 Å². The Morgan fingerprint density at radius 1 is 1.50 bits per heavy atom. The molecule has 0 bridgehead atoms. The van der Waals surface area contributed by atoms with Crippen molar-refractivity contribution in [1.29, 1.82) is 0 Å². The van der Waals surface area contributed by atoms with Crippen LogP contribution in [0.15, 0.2) is 22.8 Å². The van der Waals surface area contributed by atoms with E-state index in [0.29, 0.717) is 6.42 Å². The van der Waals surface area contributed by atoms with E-state index in [1.807, 2.05) is 19.1 Å². The fourth-order valence-corrected chi connectivity index (χ4v) is 2.07. The minimum Gasteiger partial charge on any atom is -0.469 e. The van der Waals surface area contributed by atoms with E-state index in [9.17, 15) is 8.42 Å². The summed E-state index contributed by atoms with van der Waals surface area (Å²) in [7, 11) is -0.333. The van der Waals surface area contributed by atoms with E-state index in [1.54, 1.807) is 6.26 Å². The van der Waals surface area contributed by atoms with Gasteiger partial charge in [0.05, 0.1) is 6.26 Å². The Hall–Kier alpha value is -0.850. The largest absolute Gasteiger partial charge is 0.469 e. The van der Waals surface area contributed by atoms with Gasteiger partial charge in [0.15, 0.2) is 0 Å². The third kappa shape index (κ3) is 3.96. The number of hydrogen-bond donors (Lipinski definition) is 1. The summed E-state index contributed by atoms with van der Waals surface area (Å²) < 4.78 is 31.9. The number of aryl methyl sites for hydroxylation is 1. The highest BCUT2D eigenvalue weighted by molar-refractivity contribution is 7.87. The first-order chi connectivity index (χ1) is 7.42. The molecule has 0 spiro atoms. The maximum absolute atomic E-state index is 11.5. The van der Waals surface area contributed by atoms with Crippen molar-refractivity contribution in [2.24, 2.45) is 0 Å². The van der Waals surface area contributed by atoms with E-state index in [4.69, 9.17) is 4.42 Å². The summed E-state index contributed by atoms with van der Waals surface area (Å²) in [6.07, 6.45) is 3.05. The Bertz CT molecular complexity index is 398. The zero-order chi connectivity index (χ0) is 12.2. The van der Waals surface area contributed by atoms with Crippen molar-refractivity contribution in [2.45, 2.75) is 25.8 Å². The van der Waals surface area contributed by atoms with E-state index in [0.717, 1.165) is 16.5 Å². The molecular formula is C10H18N2O3S. The Morgan fingerprint density at radius 2 is 2.19 bits per heavy atom. The Balaban J connectivity index is 2.39. The molecule has 0 saturated heterocycles. The quantitative estimate of drug-likeness (QED) is 0.814. The highest BCUT2D eigenvalue weighted by atomic mass is 32.2. The van der Waals surface area contributed by atoms with E-state index in [1.165, 1.54) is 14.1 Å². The minimum atomic E-state index is -3.34. The number of nitrogens with one attached hydrogen (secondary N) is 1. The Kier molecular flexibility index (Phi) is 4.52. The molecule has 16 heavy (non-hydrogen) atoms. The summed E-state index contributed by atoms with van der Waals surface area (Å²) in [4.78, 5) is 0. The van der Waals surface area contributed by atoms with Gasteiger partial charge in [0.25, 0.3) is 10.2 Å². The molecule has 1 atom stereocenters. The molecule has 1 aromatic heterocycles. The molecule has 5 nitrogen and oxygen atoms in total. The summed E-state index contributed by atoms with van der Waals surface area (Å²) in [5.41, 5.74) is 0. The Morgan fingerprint density at radius 3 is 2.69 bits per heavy atom. The van der Waals surface area contributed by atoms with Crippen LogP contribution in [0.1, 0.15) is 19.1 Å². The molecule has 6 heteroatoms. The van der Waals surface area contributed by atoms with Crippen LogP contribution in [0.2, 0.25) is 0 Å². The molecule has 0 fully saturated rings. The molecule has 0 aliphatic heterocycles. The predicted molar refractivity (Wildman–Crippen MR) is 62.2 cm³/mol. The summed E-state index contributed by atoms with van der Waals surface area (Å²) in [6.45, 7) is 1.84. The van der Waals surface area contributed by atoms with Gasteiger partial charge in [-0.1, -0.05) is 0 Å². The lowest BCUT2D eigenvalue weighted by Gasteiger charge is -2.17. The van der Waals surface area contributed by atoms with Crippen LogP contribution in [-0.2, 0) is 16.6 Å². The molecule has 92 valence electrons. The first-order valence-corrected chi connectivity index (χ1v) is 6.58. The molecule has 1 rings (SSSR count). The molecule has 0 aliphatic carbocycles. The zero-order valence-electron chi connectivity index (χ0n) is 9.80. The first kappa shape index (κ1) is 13.2. The minimum absolute atomic E-state index is 0.113. The monoisotopic (exact) mass is 246 g/mol. The molecule has 1 N–H and O–H groups in total. The zero-order valence-corrected chi connectivity index (χ0v) is 10.6. The van der Waals surface area contributed by atoms with Crippen molar-refractivity contribution in [3.8, 4) is 0 Å². The van der Waals surface area contributed by atoms with Crippen molar-refractivity contribution in [3.05, 3.63) is 24.2 Å². The molecule has 1 heterocycles. The summed E-state index contributed by atoms with van der Waals surface area (Å²) in [5, 5.41) is 0. The van der Waals surface area contributed by atoms with E-state index >= 15 is 0 Å². The normalized spacial score (nSPS) is 14.2. The second-order valence-electron chi connectivity index (χ2n) is 3.92. The smallest absolute Gasteiger partial charge is 0.279 e. The van der Waals surface area contributed by atoms with Gasteiger partial charge >= 0.3 is 0 Å². The highest BCUT2D eigenvalue weighted by Crippen LogP contribution is 2.06. The van der Waals surface area contributed by atoms with Gasteiger partial charge in [0.2, 0.25) is 0 Å². The van der Waals surface area contributed by atoms with E-state index in [2.05, 4.69) is 4.72 Å². The van der Waals surface area contributed by atoms with Gasteiger partial charge in [-0.05, 0) is 25.5 Å². The topological polar surface area (TPSA) is 62.6 Å². The number of furan rings is 1. The SMILES string of the molecule is C[C@H](CCc1ccco1)NS(=O)(=O)N(C)C. The van der Waals surface area contributed by atoms with Crippen LogP contribution in [0, 0.1) is 0 Å². The van der Waals surface area contributed by atoms with Gasteiger partial charge in [-0.2, -0.15) is 17.4 Å². The fraction of sp³-hybridized carbons (Fsp3) is 0.600. The lowest BCUT2D eigenvalue weighted by molar-refractivity contribution is 0.464. The van der Waals surface area contributed by atoms with Crippen LogP contribution in [-0.4, -0.2) is 32.9 Å². The standard InChI is InChI=1S/C10H18N2O3S/c1-9(11-16(13,14)12(2)3)6-7-10-5-4-8-15-10/h4-5,8-9,11H,6-7H2,1-3H3/t9-/m1/s1. The molecule has 0 amide bonds. The van der Waals surface area contributed by atoms with Crippen LogP contribution in [0.4, 0.5) is 0 Å². The molecule has 0 unspecified atom stereocenters. The predicted octanol–water partition coefficient (Wildman–Crippen LogP) is 0.997. The Labute approximate surface area is 96.6 Å². The second kappa shape index (κ2) is 5.47. The van der Waals surface area contributed by atoms with Crippen LogP contribution >= 0.6 is 0 Å². The molecule has 0 aromatic carbocycles. The van der Waals surface area contributed by atoms with Crippen LogP contribution < -0.4 is 4.72 Å². The lowest BCUT2D eigenvalue weighted by Crippen LogP contribution is -2.40. The van der Waals surface area contributed by atoms with Crippen molar-refractivity contribution < 1.29 is 12.8 Å². The van der Waals surface area contributed by atoms with Gasteiger partial charge < -0.3 is 4.42 Å². The first-order valence-electron chi connectivity index (χ1n) is 5.14. The average molecular weight is 246 g/mol. The third-order valence-electron chi connectivity index (χ3n) is 2.23. The third-order valence-corrected chi connectivity index (χ3v) is 3.90. The number of nitrogens with zero attached hydrogens (tertiary/aromatic N) is 1. The lowest BCUT2D eigenvalue weighted by atomic mass is 10.2. The molecule has 0 aliphatic rings. The van der Waals surface area contributed by atoms with Gasteiger partial charge in [0.1, 0.15) is 5.76 Å². The van der Waals surface area contributed by atoms with E-state index < -0.39 is 10.2 Å². The maximum atomic E-state index is 11.5. The molecule has 0 saturated carbocycles. The molecular weight excluding hydrogens is 228 g/mol. The van der Waals surface area contributed by atoms with E-state index in [-0.39, 0.29) is 6.04 Å². The van der Waals surface area contributed by atoms with Crippen molar-refractivity contribution in [2.75, 3.05) is 14.1 Å². The summed E-state index contributed by atoms with van der Waals surface area (Å²) >= 11 is 0. The van der Waals surface area contributed by atoms with Crippen molar-refractivity contribution >= 4 is 10.2 Å². The van der Waals surface area contributed by atoms with Gasteiger partial charge in [-0.15, -0.1) is 0 Å². The fourth-order valence-electron chi connectivity index (χ4n) is 1.23. The van der Waals surface area contributed by atoms with Gasteiger partial charge in [-0.3, -0.25) is 0 Å². The van der Waals surface area contributed by atoms with Gasteiger partial charge in [0, 0.05) is 26.6 Å². The number of hydrogen-bond acceptors (Lipinski definition) is 3. The van der Waals surface area contributed by atoms with Crippen molar-refractivity contribution in [1.82, 2.24) is 9.03 Å². The molecule has 1 aromatic rings. The second-order valence-corrected chi connectivity index (χ2v) is 5.84. The van der Waals surface area contributed by atoms with Crippen LogP contribution in [0.25, 0.3) is 0 Å². The highest BCUT2D eigenvalue weighted by Gasteiger charge is 2.16. The van der Waals surface area contributed by atoms with Crippen LogP contribution in [0.5, 0.6) is 0 Å². The van der Waals surface area contributed by atoms with Crippen LogP contribution in [0.3, 0.4) is 0 Å². The average Bonchev–Trinajstić information content (AvgIpc) is 2.66. The molecule has 0 radical (unpaired) electrons. The maximum Gasteiger partial charge on any atom is 0.279 e. The summed E-state index contributed by atoms with van der Waals surface area (Å²) in [6, 6.07) is 3.59. The van der Waals surface area contributed by atoms with Gasteiger partial charge in [-0.25, -0.2) is 0 Å². The summed E-state index contributed by atoms with van der Waals surface area (Å²) in [5.74, 6) is 0.871. The number of rotatable bonds is 6.